The maximum absolute atomic E-state index is 4.55. The quantitative estimate of drug-likeness (QED) is 0.872. The molecule has 4 bridgehead atoms. The molecule has 114 valence electrons. The zero-order chi connectivity index (χ0) is 14.6. The summed E-state index contributed by atoms with van der Waals surface area (Å²) in [4.78, 5) is 7.79. The van der Waals surface area contributed by atoms with Crippen LogP contribution in [0.15, 0.2) is 41.3 Å². The Morgan fingerprint density at radius 2 is 1.86 bits per heavy atom. The van der Waals surface area contributed by atoms with Crippen LogP contribution < -0.4 is 5.32 Å². The summed E-state index contributed by atoms with van der Waals surface area (Å²) in [5.74, 6) is 2.94. The van der Waals surface area contributed by atoms with Gasteiger partial charge in [0.2, 0.25) is 0 Å². The molecule has 2 N–H and O–H groups in total. The van der Waals surface area contributed by atoms with Crippen LogP contribution >= 0.6 is 0 Å². The summed E-state index contributed by atoms with van der Waals surface area (Å²) in [5.41, 5.74) is 3.74. The lowest BCUT2D eigenvalue weighted by atomic mass is 9.53. The van der Waals surface area contributed by atoms with E-state index in [0.29, 0.717) is 5.54 Å². The molecule has 3 heteroatoms. The number of H-pyrrole nitrogens is 1. The van der Waals surface area contributed by atoms with E-state index in [1.54, 1.807) is 0 Å². The molecule has 1 aromatic heterocycles. The summed E-state index contributed by atoms with van der Waals surface area (Å²) in [5, 5.41) is 3.80. The standard InChI is InChI=1S/C19H23N3/c1-2-18(20-3-1)16-7-17(21-11-16)12-22-19-8-13-4-14(9-19)6-15(5-13)10-19/h1-3,7,11-15,20,22H,4-6,8-10H2/b17-12+. The lowest BCUT2D eigenvalue weighted by Gasteiger charge is -2.56. The Morgan fingerprint density at radius 3 is 2.50 bits per heavy atom. The largest absolute Gasteiger partial charge is 0.384 e. The van der Waals surface area contributed by atoms with Crippen molar-refractivity contribution in [2.24, 2.45) is 22.7 Å². The zero-order valence-electron chi connectivity index (χ0n) is 12.9. The Bertz CT molecular complexity index is 628. The molecule has 0 atom stereocenters. The minimum Gasteiger partial charge on any atom is -0.384 e. The summed E-state index contributed by atoms with van der Waals surface area (Å²) in [6, 6.07) is 4.12. The summed E-state index contributed by atoms with van der Waals surface area (Å²) >= 11 is 0. The van der Waals surface area contributed by atoms with E-state index in [9.17, 15) is 0 Å². The Labute approximate surface area is 131 Å². The van der Waals surface area contributed by atoms with E-state index in [4.69, 9.17) is 0 Å². The number of nitrogens with one attached hydrogen (secondary N) is 2. The van der Waals surface area contributed by atoms with Crippen LogP contribution in [0.5, 0.6) is 0 Å². The number of hydrogen-bond donors (Lipinski definition) is 2. The summed E-state index contributed by atoms with van der Waals surface area (Å²) in [6.45, 7) is 0. The molecule has 0 radical (unpaired) electrons. The predicted octanol–water partition coefficient (Wildman–Crippen LogP) is 3.88. The van der Waals surface area contributed by atoms with Gasteiger partial charge in [0.25, 0.3) is 0 Å². The monoisotopic (exact) mass is 293 g/mol. The van der Waals surface area contributed by atoms with Crippen molar-refractivity contribution in [3.8, 4) is 0 Å². The van der Waals surface area contributed by atoms with Gasteiger partial charge in [0.05, 0.1) is 5.70 Å². The van der Waals surface area contributed by atoms with E-state index in [1.807, 2.05) is 18.5 Å². The molecule has 1 aromatic rings. The number of aromatic amines is 1. The van der Waals surface area contributed by atoms with Crippen LogP contribution in [0, 0.1) is 17.8 Å². The van der Waals surface area contributed by atoms with E-state index in [2.05, 4.69) is 33.6 Å². The van der Waals surface area contributed by atoms with Gasteiger partial charge in [-0.05, 0) is 74.5 Å². The maximum Gasteiger partial charge on any atom is 0.0793 e. The highest BCUT2D eigenvalue weighted by Crippen LogP contribution is 2.55. The van der Waals surface area contributed by atoms with Gasteiger partial charge in [0.15, 0.2) is 0 Å². The molecular weight excluding hydrogens is 270 g/mol. The number of rotatable bonds is 3. The van der Waals surface area contributed by atoms with Crippen LogP contribution in [-0.2, 0) is 0 Å². The number of nitrogens with zero attached hydrogens (tertiary/aromatic N) is 1. The zero-order valence-corrected chi connectivity index (χ0v) is 12.9. The Balaban J connectivity index is 1.34. The molecule has 0 unspecified atom stereocenters. The molecule has 4 saturated carbocycles. The molecule has 6 rings (SSSR count). The van der Waals surface area contributed by atoms with Crippen molar-refractivity contribution in [1.82, 2.24) is 10.3 Å². The first kappa shape index (κ1) is 12.7. The highest BCUT2D eigenvalue weighted by Gasteiger charge is 2.50. The van der Waals surface area contributed by atoms with Crippen molar-refractivity contribution in [1.29, 1.82) is 0 Å². The Hall–Kier alpha value is -1.77. The highest BCUT2D eigenvalue weighted by atomic mass is 15.0. The molecule has 22 heavy (non-hydrogen) atoms. The van der Waals surface area contributed by atoms with Gasteiger partial charge in [0.1, 0.15) is 0 Å². The minimum atomic E-state index is 0.375. The lowest BCUT2D eigenvalue weighted by molar-refractivity contribution is -0.0130. The van der Waals surface area contributed by atoms with Crippen molar-refractivity contribution in [3.63, 3.8) is 0 Å². The SMILES string of the molecule is C1=N/C(=C/NC23CC4CC(CC(C4)C2)C3)C=C1c1ccc[nH]1. The fraction of sp³-hybridized carbons (Fsp3) is 0.526. The normalized spacial score (nSPS) is 40.5. The number of hydrogen-bond acceptors (Lipinski definition) is 2. The van der Waals surface area contributed by atoms with E-state index in [1.165, 1.54) is 44.1 Å². The smallest absolute Gasteiger partial charge is 0.0793 e. The van der Waals surface area contributed by atoms with Gasteiger partial charge in [-0.15, -0.1) is 0 Å². The fourth-order valence-corrected chi connectivity index (χ4v) is 5.63. The number of aliphatic imine (C=N–C) groups is 1. The van der Waals surface area contributed by atoms with Gasteiger partial charge in [-0.1, -0.05) is 0 Å². The van der Waals surface area contributed by atoms with Crippen molar-refractivity contribution in [2.75, 3.05) is 0 Å². The molecule has 0 saturated heterocycles. The van der Waals surface area contributed by atoms with Crippen molar-refractivity contribution in [3.05, 3.63) is 42.0 Å². The summed E-state index contributed by atoms with van der Waals surface area (Å²) < 4.78 is 0. The van der Waals surface area contributed by atoms with E-state index < -0.39 is 0 Å². The molecule has 1 aliphatic heterocycles. The highest BCUT2D eigenvalue weighted by molar-refractivity contribution is 6.12. The third kappa shape index (κ3) is 2.06. The number of aromatic nitrogens is 1. The average Bonchev–Trinajstić information content (AvgIpc) is 3.15. The molecule has 2 heterocycles. The van der Waals surface area contributed by atoms with E-state index in [-0.39, 0.29) is 0 Å². The van der Waals surface area contributed by atoms with E-state index >= 15 is 0 Å². The summed E-state index contributed by atoms with van der Waals surface area (Å²) in [7, 11) is 0. The molecule has 0 amide bonds. The third-order valence-electron chi connectivity index (χ3n) is 6.13. The molecule has 4 fully saturated rings. The molecule has 3 nitrogen and oxygen atoms in total. The molecule has 5 aliphatic rings. The number of allylic oxidation sites excluding steroid dienone is 2. The van der Waals surface area contributed by atoms with Crippen molar-refractivity contribution < 1.29 is 0 Å². The van der Waals surface area contributed by atoms with Crippen molar-refractivity contribution >= 4 is 11.8 Å². The van der Waals surface area contributed by atoms with Gasteiger partial charge < -0.3 is 10.3 Å². The fourth-order valence-electron chi connectivity index (χ4n) is 5.63. The lowest BCUT2D eigenvalue weighted by Crippen LogP contribution is -2.56. The second-order valence-corrected chi connectivity index (χ2v) is 7.85. The molecule has 0 aromatic carbocycles. The van der Waals surface area contributed by atoms with Crippen LogP contribution in [0.1, 0.15) is 44.2 Å². The molecule has 0 spiro atoms. The van der Waals surface area contributed by atoms with Crippen LogP contribution in [0.2, 0.25) is 0 Å². The topological polar surface area (TPSA) is 40.2 Å². The van der Waals surface area contributed by atoms with Crippen LogP contribution in [0.25, 0.3) is 5.57 Å². The van der Waals surface area contributed by atoms with E-state index in [0.717, 1.165) is 29.1 Å². The maximum atomic E-state index is 4.55. The van der Waals surface area contributed by atoms with Gasteiger partial charge in [-0.3, -0.25) is 4.99 Å². The van der Waals surface area contributed by atoms with Gasteiger partial charge >= 0.3 is 0 Å². The average molecular weight is 293 g/mol. The van der Waals surface area contributed by atoms with Crippen LogP contribution in [0.3, 0.4) is 0 Å². The molecular formula is C19H23N3. The minimum absolute atomic E-state index is 0.375. The third-order valence-corrected chi connectivity index (χ3v) is 6.13. The first-order valence-electron chi connectivity index (χ1n) is 8.65. The van der Waals surface area contributed by atoms with Gasteiger partial charge in [-0.2, -0.15) is 0 Å². The summed E-state index contributed by atoms with van der Waals surface area (Å²) in [6.07, 6.45) is 16.8. The predicted molar refractivity (Wildman–Crippen MR) is 89.4 cm³/mol. The molecule has 4 aliphatic carbocycles. The second kappa shape index (κ2) is 4.61. The van der Waals surface area contributed by atoms with Crippen LogP contribution in [0.4, 0.5) is 0 Å². The second-order valence-electron chi connectivity index (χ2n) is 7.85. The van der Waals surface area contributed by atoms with Crippen molar-refractivity contribution in [2.45, 2.75) is 44.1 Å². The Morgan fingerprint density at radius 1 is 1.14 bits per heavy atom. The van der Waals surface area contributed by atoms with Crippen LogP contribution in [-0.4, -0.2) is 16.7 Å². The Kier molecular flexibility index (Phi) is 2.67. The van der Waals surface area contributed by atoms with Gasteiger partial charge in [-0.25, -0.2) is 0 Å². The van der Waals surface area contributed by atoms with Gasteiger partial charge in [0, 0.05) is 35.4 Å². The first-order chi connectivity index (χ1) is 10.8. The first-order valence-corrected chi connectivity index (χ1v) is 8.65.